The van der Waals surface area contributed by atoms with Crippen molar-refractivity contribution >= 4 is 11.8 Å². The molecule has 2 saturated heterocycles. The largest absolute Gasteiger partial charge is 0.383 e. The fraction of sp³-hybridized carbons (Fsp3) is 0.867. The Morgan fingerprint density at radius 2 is 2.00 bits per heavy atom. The summed E-state index contributed by atoms with van der Waals surface area (Å²) in [4.78, 5) is 29.0. The molecule has 5 heteroatoms. The van der Waals surface area contributed by atoms with E-state index in [1.54, 1.807) is 12.0 Å². The van der Waals surface area contributed by atoms with Gasteiger partial charge in [0.1, 0.15) is 12.1 Å². The number of methoxy groups -OCH3 is 1. The van der Waals surface area contributed by atoms with Gasteiger partial charge in [-0.25, -0.2) is 0 Å². The number of carbonyl (C=O) groups excluding carboxylic acids is 2. The molecule has 0 bridgehead atoms. The highest BCUT2D eigenvalue weighted by atomic mass is 16.5. The molecule has 114 valence electrons. The molecule has 2 aliphatic rings. The lowest BCUT2D eigenvalue weighted by Crippen LogP contribution is -2.66. The number of hydrogen-bond donors (Lipinski definition) is 0. The second-order valence-electron chi connectivity index (χ2n) is 6.13. The van der Waals surface area contributed by atoms with Crippen LogP contribution < -0.4 is 0 Å². The molecule has 2 heterocycles. The van der Waals surface area contributed by atoms with Crippen molar-refractivity contribution in [3.8, 4) is 0 Å². The standard InChI is InChI=1S/C15H26N2O3/c1-5-11-14(18)16-8-6-7-12(16)15(19)17(11)13(9-20-4)10(2)3/h10-13H,5-9H2,1-4H3. The first-order chi connectivity index (χ1) is 9.52. The molecule has 2 aliphatic heterocycles. The van der Waals surface area contributed by atoms with E-state index in [1.165, 1.54) is 0 Å². The summed E-state index contributed by atoms with van der Waals surface area (Å²) in [6.45, 7) is 7.35. The minimum atomic E-state index is -0.320. The van der Waals surface area contributed by atoms with Crippen molar-refractivity contribution < 1.29 is 14.3 Å². The number of ether oxygens (including phenoxy) is 1. The van der Waals surface area contributed by atoms with E-state index in [1.807, 2.05) is 11.8 Å². The van der Waals surface area contributed by atoms with E-state index in [0.29, 0.717) is 13.0 Å². The van der Waals surface area contributed by atoms with Crippen LogP contribution in [0.1, 0.15) is 40.0 Å². The number of rotatable bonds is 5. The Kier molecular flexibility index (Phi) is 4.68. The molecule has 0 aromatic carbocycles. The molecule has 0 saturated carbocycles. The van der Waals surface area contributed by atoms with Gasteiger partial charge in [0.2, 0.25) is 11.8 Å². The van der Waals surface area contributed by atoms with Crippen molar-refractivity contribution in [1.82, 2.24) is 9.80 Å². The number of piperazine rings is 1. The fourth-order valence-corrected chi connectivity index (χ4v) is 3.45. The third-order valence-corrected chi connectivity index (χ3v) is 4.55. The Hall–Kier alpha value is -1.10. The molecular weight excluding hydrogens is 256 g/mol. The van der Waals surface area contributed by atoms with E-state index < -0.39 is 0 Å². The number of carbonyl (C=O) groups is 2. The molecule has 20 heavy (non-hydrogen) atoms. The van der Waals surface area contributed by atoms with Gasteiger partial charge in [-0.15, -0.1) is 0 Å². The molecule has 0 N–H and O–H groups in total. The van der Waals surface area contributed by atoms with Crippen LogP contribution in [0.5, 0.6) is 0 Å². The lowest BCUT2D eigenvalue weighted by Gasteiger charge is -2.46. The second-order valence-corrected chi connectivity index (χ2v) is 6.13. The first kappa shape index (κ1) is 15.3. The molecule has 3 unspecified atom stereocenters. The molecule has 0 radical (unpaired) electrons. The Morgan fingerprint density at radius 1 is 1.30 bits per heavy atom. The van der Waals surface area contributed by atoms with Gasteiger partial charge in [0, 0.05) is 13.7 Å². The molecule has 3 atom stereocenters. The van der Waals surface area contributed by atoms with E-state index in [0.717, 1.165) is 19.4 Å². The smallest absolute Gasteiger partial charge is 0.246 e. The van der Waals surface area contributed by atoms with Crippen LogP contribution in [-0.4, -0.2) is 60.0 Å². The van der Waals surface area contributed by atoms with Crippen LogP contribution in [0.2, 0.25) is 0 Å². The van der Waals surface area contributed by atoms with Crippen LogP contribution in [-0.2, 0) is 14.3 Å². The maximum Gasteiger partial charge on any atom is 0.246 e. The predicted molar refractivity (Wildman–Crippen MR) is 76.2 cm³/mol. The van der Waals surface area contributed by atoms with E-state index in [-0.39, 0.29) is 35.9 Å². The number of amides is 2. The van der Waals surface area contributed by atoms with Gasteiger partial charge in [0.05, 0.1) is 12.6 Å². The van der Waals surface area contributed by atoms with Gasteiger partial charge in [-0.3, -0.25) is 9.59 Å². The third-order valence-electron chi connectivity index (χ3n) is 4.55. The van der Waals surface area contributed by atoms with Gasteiger partial charge in [-0.05, 0) is 25.2 Å². The first-order valence-corrected chi connectivity index (χ1v) is 7.64. The van der Waals surface area contributed by atoms with Gasteiger partial charge >= 0.3 is 0 Å². The van der Waals surface area contributed by atoms with Gasteiger partial charge in [-0.2, -0.15) is 0 Å². The van der Waals surface area contributed by atoms with Crippen molar-refractivity contribution in [3.05, 3.63) is 0 Å². The lowest BCUT2D eigenvalue weighted by atomic mass is 9.95. The Balaban J connectivity index is 2.32. The molecule has 0 aliphatic carbocycles. The molecule has 0 spiro atoms. The Labute approximate surface area is 121 Å². The molecule has 5 nitrogen and oxygen atoms in total. The summed E-state index contributed by atoms with van der Waals surface area (Å²) in [5.74, 6) is 0.509. The summed E-state index contributed by atoms with van der Waals surface area (Å²) in [5.41, 5.74) is 0. The van der Waals surface area contributed by atoms with Gasteiger partial charge in [0.15, 0.2) is 0 Å². The molecule has 2 rings (SSSR count). The van der Waals surface area contributed by atoms with Gasteiger partial charge < -0.3 is 14.5 Å². The van der Waals surface area contributed by atoms with E-state index >= 15 is 0 Å². The normalized spacial score (nSPS) is 28.2. The van der Waals surface area contributed by atoms with Gasteiger partial charge in [0.25, 0.3) is 0 Å². The lowest BCUT2D eigenvalue weighted by molar-refractivity contribution is -0.164. The van der Waals surface area contributed by atoms with Crippen LogP contribution in [0, 0.1) is 5.92 Å². The quantitative estimate of drug-likeness (QED) is 0.763. The third kappa shape index (κ3) is 2.43. The maximum absolute atomic E-state index is 12.8. The zero-order valence-corrected chi connectivity index (χ0v) is 13.0. The van der Waals surface area contributed by atoms with Crippen molar-refractivity contribution in [1.29, 1.82) is 0 Å². The summed E-state index contributed by atoms with van der Waals surface area (Å²) in [6.07, 6.45) is 2.40. The monoisotopic (exact) mass is 282 g/mol. The summed E-state index contributed by atoms with van der Waals surface area (Å²) in [5, 5.41) is 0. The average Bonchev–Trinajstić information content (AvgIpc) is 2.90. The molecule has 2 amide bonds. The second kappa shape index (κ2) is 6.12. The summed E-state index contributed by atoms with van der Waals surface area (Å²) in [7, 11) is 1.65. The van der Waals surface area contributed by atoms with Crippen LogP contribution in [0.4, 0.5) is 0 Å². The number of hydrogen-bond acceptors (Lipinski definition) is 3. The molecule has 2 fully saturated rings. The average molecular weight is 282 g/mol. The van der Waals surface area contributed by atoms with E-state index in [2.05, 4.69) is 13.8 Å². The summed E-state index contributed by atoms with van der Waals surface area (Å²) >= 11 is 0. The van der Waals surface area contributed by atoms with Crippen molar-refractivity contribution in [2.24, 2.45) is 5.92 Å². The molecule has 0 aromatic rings. The topological polar surface area (TPSA) is 49.9 Å². The van der Waals surface area contributed by atoms with Crippen molar-refractivity contribution in [2.75, 3.05) is 20.3 Å². The highest BCUT2D eigenvalue weighted by Gasteiger charge is 2.49. The summed E-state index contributed by atoms with van der Waals surface area (Å²) < 4.78 is 5.29. The zero-order valence-electron chi connectivity index (χ0n) is 13.0. The van der Waals surface area contributed by atoms with Crippen LogP contribution in [0.25, 0.3) is 0 Å². The number of nitrogens with zero attached hydrogens (tertiary/aromatic N) is 2. The van der Waals surface area contributed by atoms with Crippen molar-refractivity contribution in [2.45, 2.75) is 58.2 Å². The minimum absolute atomic E-state index is 0.0239. The highest BCUT2D eigenvalue weighted by molar-refractivity contribution is 5.97. The zero-order chi connectivity index (χ0) is 14.9. The van der Waals surface area contributed by atoms with Crippen LogP contribution >= 0.6 is 0 Å². The highest BCUT2D eigenvalue weighted by Crippen LogP contribution is 2.31. The Morgan fingerprint density at radius 3 is 2.55 bits per heavy atom. The Bertz CT molecular complexity index is 383. The predicted octanol–water partition coefficient (Wildman–Crippen LogP) is 1.27. The SMILES string of the molecule is CCC1C(=O)N2CCCC2C(=O)N1C(COC)C(C)C. The fourth-order valence-electron chi connectivity index (χ4n) is 3.45. The summed E-state index contributed by atoms with van der Waals surface area (Å²) in [6, 6.07) is -0.577. The first-order valence-electron chi connectivity index (χ1n) is 7.64. The maximum atomic E-state index is 12.8. The van der Waals surface area contributed by atoms with Crippen LogP contribution in [0.3, 0.4) is 0 Å². The minimum Gasteiger partial charge on any atom is -0.383 e. The molecule has 0 aromatic heterocycles. The van der Waals surface area contributed by atoms with Crippen LogP contribution in [0.15, 0.2) is 0 Å². The number of fused-ring (bicyclic) bond motifs is 1. The van der Waals surface area contributed by atoms with Crippen molar-refractivity contribution in [3.63, 3.8) is 0 Å². The van der Waals surface area contributed by atoms with Gasteiger partial charge in [-0.1, -0.05) is 20.8 Å². The van der Waals surface area contributed by atoms with E-state index in [4.69, 9.17) is 4.74 Å². The molecular formula is C15H26N2O3. The van der Waals surface area contributed by atoms with E-state index in [9.17, 15) is 9.59 Å².